The topological polar surface area (TPSA) is 76.4 Å². The van der Waals surface area contributed by atoms with Crippen molar-refractivity contribution in [3.05, 3.63) is 21.9 Å². The third kappa shape index (κ3) is 1.73. The molecule has 0 aliphatic heterocycles. The Labute approximate surface area is 87.0 Å². The zero-order valence-corrected chi connectivity index (χ0v) is 8.68. The summed E-state index contributed by atoms with van der Waals surface area (Å²) >= 11 is 1.80. The molecule has 0 radical (unpaired) electrons. The minimum absolute atomic E-state index is 0.195. The maximum atomic E-state index is 5.55. The highest BCUT2D eigenvalue weighted by molar-refractivity contribution is 7.10. The predicted octanol–water partition coefficient (Wildman–Crippen LogP) is 0.903. The third-order valence-electron chi connectivity index (χ3n) is 2.46. The molecule has 1 atom stereocenters. The monoisotopic (exact) mass is 210 g/mol. The lowest BCUT2D eigenvalue weighted by Crippen LogP contribution is -2.37. The molecule has 0 amide bonds. The summed E-state index contributed by atoms with van der Waals surface area (Å²) in [6, 6.07) is 2.33. The van der Waals surface area contributed by atoms with Gasteiger partial charge >= 0.3 is 0 Å². The van der Waals surface area contributed by atoms with Crippen molar-refractivity contribution in [1.29, 1.82) is 0 Å². The van der Waals surface area contributed by atoms with Gasteiger partial charge in [-0.1, -0.05) is 0 Å². The Balaban J connectivity index is 2.24. The summed E-state index contributed by atoms with van der Waals surface area (Å²) in [6.07, 6.45) is 3.42. The molecule has 1 aromatic rings. The normalized spacial score (nSPS) is 21.8. The van der Waals surface area contributed by atoms with Crippen molar-refractivity contribution in [2.45, 2.75) is 25.3 Å². The van der Waals surface area contributed by atoms with Gasteiger partial charge in [0.2, 0.25) is 5.96 Å². The molecule has 1 aromatic heterocycles. The van der Waals surface area contributed by atoms with E-state index >= 15 is 0 Å². The smallest absolute Gasteiger partial charge is 0.203 e. The quantitative estimate of drug-likeness (QED) is 0.279. The van der Waals surface area contributed by atoms with Crippen molar-refractivity contribution in [2.75, 3.05) is 0 Å². The SMILES string of the molecule is NNC(N)=NC1CCCc2sccc21. The highest BCUT2D eigenvalue weighted by Gasteiger charge is 2.20. The standard InChI is InChI=1S/C9H14N4S/c10-9(13-11)12-7-2-1-3-8-6(7)4-5-14-8/h4-5,7H,1-3,11H2,(H3,10,12,13). The van der Waals surface area contributed by atoms with Crippen molar-refractivity contribution in [2.24, 2.45) is 16.6 Å². The molecular formula is C9H14N4S. The zero-order valence-electron chi connectivity index (χ0n) is 7.86. The van der Waals surface area contributed by atoms with Crippen LogP contribution in [0.1, 0.15) is 29.3 Å². The zero-order chi connectivity index (χ0) is 9.97. The van der Waals surface area contributed by atoms with Gasteiger partial charge in [0.05, 0.1) is 6.04 Å². The lowest BCUT2D eigenvalue weighted by molar-refractivity contribution is 0.577. The molecule has 1 heterocycles. The average molecular weight is 210 g/mol. The van der Waals surface area contributed by atoms with E-state index in [-0.39, 0.29) is 6.04 Å². The molecule has 0 aromatic carbocycles. The molecule has 1 aliphatic rings. The van der Waals surface area contributed by atoms with Crippen LogP contribution in [-0.4, -0.2) is 5.96 Å². The first kappa shape index (κ1) is 9.48. The summed E-state index contributed by atoms with van der Waals surface area (Å²) in [5, 5.41) is 2.12. The molecule has 4 nitrogen and oxygen atoms in total. The van der Waals surface area contributed by atoms with Crippen LogP contribution in [0, 0.1) is 0 Å². The average Bonchev–Trinajstić information content (AvgIpc) is 2.66. The second-order valence-corrected chi connectivity index (χ2v) is 4.37. The molecule has 14 heavy (non-hydrogen) atoms. The molecular weight excluding hydrogens is 196 g/mol. The molecule has 5 N–H and O–H groups in total. The number of hydrogen-bond acceptors (Lipinski definition) is 3. The fourth-order valence-electron chi connectivity index (χ4n) is 1.80. The minimum Gasteiger partial charge on any atom is -0.369 e. The maximum Gasteiger partial charge on any atom is 0.203 e. The highest BCUT2D eigenvalue weighted by atomic mass is 32.1. The predicted molar refractivity (Wildman–Crippen MR) is 58.9 cm³/mol. The van der Waals surface area contributed by atoms with Gasteiger partial charge in [0.1, 0.15) is 0 Å². The van der Waals surface area contributed by atoms with Gasteiger partial charge in [-0.15, -0.1) is 11.3 Å². The molecule has 0 saturated heterocycles. The van der Waals surface area contributed by atoms with Gasteiger partial charge in [-0.25, -0.2) is 10.8 Å². The van der Waals surface area contributed by atoms with Crippen LogP contribution < -0.4 is 17.0 Å². The molecule has 76 valence electrons. The fourth-order valence-corrected chi connectivity index (χ4v) is 2.78. The van der Waals surface area contributed by atoms with Crippen LogP contribution in [0.5, 0.6) is 0 Å². The van der Waals surface area contributed by atoms with Crippen LogP contribution in [-0.2, 0) is 6.42 Å². The van der Waals surface area contributed by atoms with Crippen LogP contribution in [0.4, 0.5) is 0 Å². The molecule has 1 unspecified atom stereocenters. The van der Waals surface area contributed by atoms with E-state index in [0.29, 0.717) is 5.96 Å². The first-order valence-electron chi connectivity index (χ1n) is 4.67. The number of fused-ring (bicyclic) bond motifs is 1. The summed E-state index contributed by atoms with van der Waals surface area (Å²) in [5.74, 6) is 5.50. The van der Waals surface area contributed by atoms with Gasteiger partial charge in [-0.3, -0.25) is 5.43 Å². The maximum absolute atomic E-state index is 5.55. The molecule has 0 saturated carbocycles. The minimum atomic E-state index is 0.195. The molecule has 0 bridgehead atoms. The van der Waals surface area contributed by atoms with E-state index in [4.69, 9.17) is 11.6 Å². The number of thiophene rings is 1. The lowest BCUT2D eigenvalue weighted by atomic mass is 9.95. The van der Waals surface area contributed by atoms with E-state index in [0.717, 1.165) is 6.42 Å². The van der Waals surface area contributed by atoms with Crippen LogP contribution in [0.3, 0.4) is 0 Å². The molecule has 1 aliphatic carbocycles. The van der Waals surface area contributed by atoms with Gasteiger partial charge in [0.15, 0.2) is 0 Å². The summed E-state index contributed by atoms with van der Waals surface area (Å²) in [4.78, 5) is 5.77. The van der Waals surface area contributed by atoms with E-state index in [1.165, 1.54) is 23.3 Å². The Morgan fingerprint density at radius 1 is 1.64 bits per heavy atom. The number of rotatable bonds is 1. The Morgan fingerprint density at radius 3 is 3.29 bits per heavy atom. The van der Waals surface area contributed by atoms with Gasteiger partial charge in [0.25, 0.3) is 0 Å². The first-order valence-corrected chi connectivity index (χ1v) is 5.55. The molecule has 5 heteroatoms. The lowest BCUT2D eigenvalue weighted by Gasteiger charge is -2.19. The van der Waals surface area contributed by atoms with Crippen LogP contribution in [0.2, 0.25) is 0 Å². The molecule has 0 spiro atoms. The molecule has 0 fully saturated rings. The Hall–Kier alpha value is -1.07. The number of hydrogen-bond donors (Lipinski definition) is 3. The van der Waals surface area contributed by atoms with Crippen molar-refractivity contribution in [1.82, 2.24) is 5.43 Å². The number of nitrogens with zero attached hydrogens (tertiary/aromatic N) is 1. The van der Waals surface area contributed by atoms with Gasteiger partial charge in [-0.2, -0.15) is 0 Å². The highest BCUT2D eigenvalue weighted by Crippen LogP contribution is 2.35. The Bertz CT molecular complexity index is 344. The van der Waals surface area contributed by atoms with E-state index in [1.54, 1.807) is 11.3 Å². The summed E-state index contributed by atoms with van der Waals surface area (Å²) in [5.41, 5.74) is 9.23. The van der Waals surface area contributed by atoms with Gasteiger partial charge < -0.3 is 5.73 Å². The Kier molecular flexibility index (Phi) is 2.69. The van der Waals surface area contributed by atoms with Crippen molar-refractivity contribution in [3.63, 3.8) is 0 Å². The van der Waals surface area contributed by atoms with Crippen LogP contribution in [0.25, 0.3) is 0 Å². The van der Waals surface area contributed by atoms with Crippen LogP contribution in [0.15, 0.2) is 16.4 Å². The summed E-state index contributed by atoms with van der Waals surface area (Å²) < 4.78 is 0. The second-order valence-electron chi connectivity index (χ2n) is 3.37. The van der Waals surface area contributed by atoms with E-state index in [9.17, 15) is 0 Å². The first-order chi connectivity index (χ1) is 6.81. The number of nitrogens with two attached hydrogens (primary N) is 2. The van der Waals surface area contributed by atoms with E-state index in [1.807, 2.05) is 0 Å². The third-order valence-corrected chi connectivity index (χ3v) is 3.46. The van der Waals surface area contributed by atoms with Gasteiger partial charge in [-0.05, 0) is 36.3 Å². The van der Waals surface area contributed by atoms with E-state index in [2.05, 4.69) is 21.9 Å². The van der Waals surface area contributed by atoms with Crippen molar-refractivity contribution < 1.29 is 0 Å². The summed E-state index contributed by atoms with van der Waals surface area (Å²) in [7, 11) is 0. The largest absolute Gasteiger partial charge is 0.369 e. The fraction of sp³-hybridized carbons (Fsp3) is 0.444. The number of aliphatic imine (C=N–C) groups is 1. The number of nitrogens with one attached hydrogen (secondary N) is 1. The van der Waals surface area contributed by atoms with Crippen molar-refractivity contribution >= 4 is 17.3 Å². The number of guanidine groups is 1. The second kappa shape index (κ2) is 3.98. The van der Waals surface area contributed by atoms with Gasteiger partial charge in [0, 0.05) is 4.88 Å². The number of aryl methyl sites for hydroxylation is 1. The summed E-state index contributed by atoms with van der Waals surface area (Å²) in [6.45, 7) is 0. The van der Waals surface area contributed by atoms with Crippen molar-refractivity contribution in [3.8, 4) is 0 Å². The molecule has 2 rings (SSSR count). The Morgan fingerprint density at radius 2 is 2.50 bits per heavy atom. The number of hydrazine groups is 1. The van der Waals surface area contributed by atoms with E-state index < -0.39 is 0 Å². The van der Waals surface area contributed by atoms with Crippen LogP contribution >= 0.6 is 11.3 Å².